The van der Waals surface area contributed by atoms with Crippen molar-refractivity contribution in [3.8, 4) is 11.4 Å². The summed E-state index contributed by atoms with van der Waals surface area (Å²) >= 11 is 1.37. The predicted octanol–water partition coefficient (Wildman–Crippen LogP) is 4.07. The molecule has 0 saturated carbocycles. The molecule has 0 saturated heterocycles. The Hall–Kier alpha value is -2.69. The van der Waals surface area contributed by atoms with Gasteiger partial charge in [-0.25, -0.2) is 8.42 Å². The Kier molecular flexibility index (Phi) is 7.63. The van der Waals surface area contributed by atoms with Gasteiger partial charge in [0.25, 0.3) is 0 Å². The average molecular weight is 514 g/mol. The first kappa shape index (κ1) is 25.4. The van der Waals surface area contributed by atoms with Crippen molar-refractivity contribution in [1.29, 1.82) is 0 Å². The van der Waals surface area contributed by atoms with Crippen LogP contribution in [0.25, 0.3) is 11.4 Å². The lowest BCUT2D eigenvalue weighted by Gasteiger charge is -2.22. The maximum absolute atomic E-state index is 13.1. The second kappa shape index (κ2) is 10.5. The zero-order chi connectivity index (χ0) is 25.2. The fraction of sp³-hybridized carbons (Fsp3) is 0.400. The van der Waals surface area contributed by atoms with E-state index < -0.39 is 10.0 Å². The summed E-state index contributed by atoms with van der Waals surface area (Å²) in [5.74, 6) is 0.956. The second-order valence-electron chi connectivity index (χ2n) is 8.40. The summed E-state index contributed by atoms with van der Waals surface area (Å²) in [5, 5.41) is 9.34. The van der Waals surface area contributed by atoms with Crippen molar-refractivity contribution < 1.29 is 13.2 Å². The maximum atomic E-state index is 13.1. The lowest BCUT2D eigenvalue weighted by molar-refractivity contribution is -0.116. The number of hydrogen-bond acceptors (Lipinski definition) is 6. The number of nitrogens with zero attached hydrogens (tertiary/aromatic N) is 5. The van der Waals surface area contributed by atoms with Crippen LogP contribution < -0.4 is 4.90 Å². The molecule has 2 aromatic carbocycles. The molecule has 4 rings (SSSR count). The molecule has 10 heteroatoms. The minimum absolute atomic E-state index is 0.0469. The first-order valence-corrected chi connectivity index (χ1v) is 14.3. The van der Waals surface area contributed by atoms with Crippen LogP contribution in [0.4, 0.5) is 5.69 Å². The molecule has 0 N–H and O–H groups in total. The van der Waals surface area contributed by atoms with Crippen molar-refractivity contribution >= 4 is 33.4 Å². The molecule has 0 bridgehead atoms. The van der Waals surface area contributed by atoms with Crippen LogP contribution in [0.3, 0.4) is 0 Å². The molecule has 1 amide bonds. The molecule has 1 atom stereocenters. The van der Waals surface area contributed by atoms with Gasteiger partial charge in [-0.1, -0.05) is 43.8 Å². The quantitative estimate of drug-likeness (QED) is 0.401. The van der Waals surface area contributed by atoms with Crippen LogP contribution in [0, 0.1) is 0 Å². The minimum atomic E-state index is -3.52. The van der Waals surface area contributed by atoms with Gasteiger partial charge in [-0.05, 0) is 56.2 Å². The molecule has 3 aromatic rings. The molecule has 2 heterocycles. The van der Waals surface area contributed by atoms with E-state index in [1.165, 1.54) is 21.6 Å². The number of amides is 1. The van der Waals surface area contributed by atoms with Gasteiger partial charge in [-0.3, -0.25) is 4.79 Å². The van der Waals surface area contributed by atoms with Crippen molar-refractivity contribution in [3.05, 3.63) is 54.1 Å². The van der Waals surface area contributed by atoms with Crippen LogP contribution in [-0.4, -0.2) is 58.3 Å². The van der Waals surface area contributed by atoms with E-state index in [-0.39, 0.29) is 22.6 Å². The fourth-order valence-corrected chi connectivity index (χ4v) is 6.84. The van der Waals surface area contributed by atoms with Crippen LogP contribution >= 0.6 is 11.8 Å². The summed E-state index contributed by atoms with van der Waals surface area (Å²) in [4.78, 5) is 15.2. The van der Waals surface area contributed by atoms with Crippen molar-refractivity contribution in [2.75, 3.05) is 23.7 Å². The van der Waals surface area contributed by atoms with Gasteiger partial charge in [-0.2, -0.15) is 4.31 Å². The van der Waals surface area contributed by atoms with Gasteiger partial charge in [0.2, 0.25) is 15.9 Å². The standard InChI is InChI=1S/C25H31N5O3S2/c1-5-28(6-2)35(32,33)21-14-12-19(13-15-21)24-26-27-25(29(24)7-3)34-17-23(31)30-18(4)16-20-10-8-9-11-22(20)30/h8-15,18H,5-7,16-17H2,1-4H3/t18-/m0/s1. The first-order valence-electron chi connectivity index (χ1n) is 11.9. The Labute approximate surface area is 211 Å². The Morgan fingerprint density at radius 2 is 1.74 bits per heavy atom. The number of para-hydroxylation sites is 1. The molecule has 0 spiro atoms. The van der Waals surface area contributed by atoms with E-state index >= 15 is 0 Å². The number of rotatable bonds is 9. The van der Waals surface area contributed by atoms with Crippen molar-refractivity contribution in [3.63, 3.8) is 0 Å². The van der Waals surface area contributed by atoms with Crippen LogP contribution in [0.5, 0.6) is 0 Å². The van der Waals surface area contributed by atoms with E-state index in [9.17, 15) is 13.2 Å². The highest BCUT2D eigenvalue weighted by atomic mass is 32.2. The van der Waals surface area contributed by atoms with Gasteiger partial charge in [0.1, 0.15) is 0 Å². The smallest absolute Gasteiger partial charge is 0.243 e. The summed E-state index contributed by atoms with van der Waals surface area (Å²) in [5.41, 5.74) is 2.96. The molecule has 1 aliphatic rings. The molecule has 8 nitrogen and oxygen atoms in total. The summed E-state index contributed by atoms with van der Waals surface area (Å²) in [6.45, 7) is 9.19. The summed E-state index contributed by atoms with van der Waals surface area (Å²) in [6, 6.07) is 14.9. The van der Waals surface area contributed by atoms with Crippen molar-refractivity contribution in [2.45, 2.75) is 56.8 Å². The SMILES string of the molecule is CCN(CC)S(=O)(=O)c1ccc(-c2nnc(SCC(=O)N3c4ccccc4C[C@@H]3C)n2CC)cc1. The predicted molar refractivity (Wildman–Crippen MR) is 139 cm³/mol. The topological polar surface area (TPSA) is 88.4 Å². The Morgan fingerprint density at radius 3 is 2.40 bits per heavy atom. The Morgan fingerprint density at radius 1 is 1.06 bits per heavy atom. The Bertz CT molecular complexity index is 1300. The molecule has 35 heavy (non-hydrogen) atoms. The number of anilines is 1. The molecule has 186 valence electrons. The van der Waals surface area contributed by atoms with E-state index in [0.717, 1.165) is 17.7 Å². The third kappa shape index (κ3) is 4.87. The molecule has 0 radical (unpaired) electrons. The number of thioether (sulfide) groups is 1. The van der Waals surface area contributed by atoms with Crippen molar-refractivity contribution in [1.82, 2.24) is 19.1 Å². The third-order valence-electron chi connectivity index (χ3n) is 6.29. The molecule has 1 aliphatic heterocycles. The number of hydrogen-bond donors (Lipinski definition) is 0. The summed E-state index contributed by atoms with van der Waals surface area (Å²) in [7, 11) is -3.52. The van der Waals surface area contributed by atoms with Gasteiger partial charge < -0.3 is 9.47 Å². The maximum Gasteiger partial charge on any atom is 0.243 e. The normalized spacial score (nSPS) is 15.6. The van der Waals surface area contributed by atoms with Crippen LogP contribution in [0.1, 0.15) is 33.3 Å². The van der Waals surface area contributed by atoms with Crippen LogP contribution in [0.2, 0.25) is 0 Å². The van der Waals surface area contributed by atoms with Crippen LogP contribution in [-0.2, 0) is 27.8 Å². The molecular weight excluding hydrogens is 482 g/mol. The number of aromatic nitrogens is 3. The third-order valence-corrected chi connectivity index (χ3v) is 9.31. The van der Waals surface area contributed by atoms with E-state index in [1.54, 1.807) is 24.3 Å². The second-order valence-corrected chi connectivity index (χ2v) is 11.3. The highest BCUT2D eigenvalue weighted by Crippen LogP contribution is 2.33. The monoisotopic (exact) mass is 513 g/mol. The van der Waals surface area contributed by atoms with E-state index in [4.69, 9.17) is 0 Å². The van der Waals surface area contributed by atoms with Crippen LogP contribution in [0.15, 0.2) is 58.6 Å². The van der Waals surface area contributed by atoms with Gasteiger partial charge in [0, 0.05) is 36.9 Å². The fourth-order valence-electron chi connectivity index (χ4n) is 4.52. The van der Waals surface area contributed by atoms with Crippen molar-refractivity contribution in [2.24, 2.45) is 0 Å². The van der Waals surface area contributed by atoms with E-state index in [0.29, 0.717) is 30.6 Å². The molecular formula is C25H31N5O3S2. The first-order chi connectivity index (χ1) is 16.8. The Balaban J connectivity index is 1.51. The number of benzene rings is 2. The van der Waals surface area contributed by atoms with Gasteiger partial charge in [0.05, 0.1) is 10.6 Å². The molecule has 0 unspecified atom stereocenters. The zero-order valence-electron chi connectivity index (χ0n) is 20.5. The number of carbonyl (C=O) groups is 1. The summed E-state index contributed by atoms with van der Waals surface area (Å²) < 4.78 is 28.9. The number of fused-ring (bicyclic) bond motifs is 1. The lowest BCUT2D eigenvalue weighted by atomic mass is 10.1. The molecule has 1 aromatic heterocycles. The zero-order valence-corrected chi connectivity index (χ0v) is 22.1. The van der Waals surface area contributed by atoms with E-state index in [2.05, 4.69) is 23.2 Å². The summed E-state index contributed by atoms with van der Waals surface area (Å²) in [6.07, 6.45) is 0.863. The van der Waals surface area contributed by atoms with Gasteiger partial charge >= 0.3 is 0 Å². The number of carbonyl (C=O) groups excluding carboxylic acids is 1. The van der Waals surface area contributed by atoms with Gasteiger partial charge in [-0.15, -0.1) is 10.2 Å². The largest absolute Gasteiger partial charge is 0.308 e. The minimum Gasteiger partial charge on any atom is -0.308 e. The van der Waals surface area contributed by atoms with E-state index in [1.807, 2.05) is 48.4 Å². The molecule has 0 fully saturated rings. The molecule has 0 aliphatic carbocycles. The number of sulfonamides is 1. The average Bonchev–Trinajstić information content (AvgIpc) is 3.42. The van der Waals surface area contributed by atoms with Gasteiger partial charge in [0.15, 0.2) is 11.0 Å². The highest BCUT2D eigenvalue weighted by molar-refractivity contribution is 7.99. The lowest BCUT2D eigenvalue weighted by Crippen LogP contribution is -2.37. The highest BCUT2D eigenvalue weighted by Gasteiger charge is 2.30.